The van der Waals surface area contributed by atoms with Gasteiger partial charge in [0.1, 0.15) is 11.0 Å². The van der Waals surface area contributed by atoms with Crippen LogP contribution in [0.2, 0.25) is 0 Å². The summed E-state index contributed by atoms with van der Waals surface area (Å²) in [4.78, 5) is 4.02. The van der Waals surface area contributed by atoms with E-state index in [0.717, 1.165) is 17.5 Å². The molecule has 1 aliphatic rings. The molecule has 4 rings (SSSR count). The molecule has 0 bridgehead atoms. The van der Waals surface area contributed by atoms with E-state index in [0.29, 0.717) is 5.25 Å². The van der Waals surface area contributed by atoms with Crippen LogP contribution in [0.5, 0.6) is 0 Å². The van der Waals surface area contributed by atoms with Gasteiger partial charge in [0, 0.05) is 20.6 Å². The van der Waals surface area contributed by atoms with Crippen molar-refractivity contribution in [2.24, 2.45) is 0 Å². The highest BCUT2D eigenvalue weighted by atomic mass is 32.2. The van der Waals surface area contributed by atoms with Crippen molar-refractivity contribution in [3.63, 3.8) is 0 Å². The molecule has 3 heterocycles. The number of fused-ring (bicyclic) bond motifs is 1. The lowest BCUT2D eigenvalue weighted by Gasteiger charge is -2.11. The molecule has 0 radical (unpaired) electrons. The van der Waals surface area contributed by atoms with E-state index in [9.17, 15) is 0 Å². The number of thioether (sulfide) groups is 1. The Kier molecular flexibility index (Phi) is 3.36. The number of hydrogen-bond donors (Lipinski definition) is 0. The molecule has 0 saturated carbocycles. The first-order valence-electron chi connectivity index (χ1n) is 6.88. The summed E-state index contributed by atoms with van der Waals surface area (Å²) >= 11 is 5.08. The third-order valence-electron chi connectivity index (χ3n) is 3.75. The summed E-state index contributed by atoms with van der Waals surface area (Å²) in [5.74, 6) is 0. The normalized spacial score (nSPS) is 18.4. The largest absolute Gasteiger partial charge is 0.173 e. The van der Waals surface area contributed by atoms with Crippen LogP contribution in [0.4, 0.5) is 0 Å². The number of benzene rings is 1. The summed E-state index contributed by atoms with van der Waals surface area (Å²) < 4.78 is 9.15. The first kappa shape index (κ1) is 13.5. The molecule has 0 amide bonds. The van der Waals surface area contributed by atoms with E-state index in [1.54, 1.807) is 0 Å². The van der Waals surface area contributed by atoms with Crippen molar-refractivity contribution >= 4 is 45.9 Å². The average Bonchev–Trinajstić information content (AvgIpc) is 3.18. The summed E-state index contributed by atoms with van der Waals surface area (Å²) in [6.45, 7) is 4.33. The Morgan fingerprint density at radius 3 is 2.62 bits per heavy atom. The van der Waals surface area contributed by atoms with Crippen LogP contribution in [0.25, 0.3) is 21.5 Å². The molecule has 1 unspecified atom stereocenters. The monoisotopic (exact) mass is 330 g/mol. The Bertz CT molecular complexity index is 844. The lowest BCUT2D eigenvalue weighted by Crippen LogP contribution is -1.92. The topological polar surface area (TPSA) is 25.8 Å². The molecule has 0 N–H and O–H groups in total. The lowest BCUT2D eigenvalue weighted by atomic mass is 10.0. The van der Waals surface area contributed by atoms with Gasteiger partial charge >= 0.3 is 0 Å². The molecule has 1 aliphatic heterocycles. The molecule has 0 fully saturated rings. The third kappa shape index (κ3) is 2.33. The Hall–Kier alpha value is -1.17. The SMILES string of the molecule is CC1=CCC(c2ccc(-c3ccc(C)s3)c3nsnc23)S1. The highest BCUT2D eigenvalue weighted by Gasteiger charge is 2.22. The number of aryl methyl sites for hydroxylation is 1. The second-order valence-corrected chi connectivity index (χ2v) is 8.50. The number of aromatic nitrogens is 2. The zero-order valence-electron chi connectivity index (χ0n) is 11.8. The van der Waals surface area contributed by atoms with E-state index >= 15 is 0 Å². The first-order valence-corrected chi connectivity index (χ1v) is 9.30. The maximum Gasteiger partial charge on any atom is 0.113 e. The molecule has 0 aliphatic carbocycles. The summed E-state index contributed by atoms with van der Waals surface area (Å²) in [7, 11) is 0. The number of thiophene rings is 1. The van der Waals surface area contributed by atoms with E-state index in [-0.39, 0.29) is 0 Å². The van der Waals surface area contributed by atoms with Gasteiger partial charge in [0.15, 0.2) is 0 Å². The van der Waals surface area contributed by atoms with Crippen LogP contribution >= 0.6 is 34.8 Å². The molecule has 2 nitrogen and oxygen atoms in total. The lowest BCUT2D eigenvalue weighted by molar-refractivity contribution is 0.998. The van der Waals surface area contributed by atoms with E-state index in [2.05, 4.69) is 52.9 Å². The van der Waals surface area contributed by atoms with Gasteiger partial charge in [-0.05, 0) is 42.9 Å². The van der Waals surface area contributed by atoms with E-state index < -0.39 is 0 Å². The smallest absolute Gasteiger partial charge is 0.113 e. The minimum atomic E-state index is 0.496. The van der Waals surface area contributed by atoms with Crippen LogP contribution in [-0.2, 0) is 0 Å². The van der Waals surface area contributed by atoms with Gasteiger partial charge in [-0.25, -0.2) is 0 Å². The molecule has 0 spiro atoms. The Morgan fingerprint density at radius 1 is 1.05 bits per heavy atom. The van der Waals surface area contributed by atoms with Crippen molar-refractivity contribution in [3.05, 3.63) is 45.7 Å². The number of allylic oxidation sites excluding steroid dienone is 2. The van der Waals surface area contributed by atoms with Crippen molar-refractivity contribution in [3.8, 4) is 10.4 Å². The fourth-order valence-corrected chi connectivity index (χ4v) is 5.33. The van der Waals surface area contributed by atoms with Gasteiger partial charge in [0.25, 0.3) is 0 Å². The Balaban J connectivity index is 1.84. The van der Waals surface area contributed by atoms with E-state index in [1.807, 2.05) is 23.1 Å². The molecule has 1 atom stereocenters. The number of rotatable bonds is 2. The van der Waals surface area contributed by atoms with Crippen molar-refractivity contribution in [1.82, 2.24) is 8.75 Å². The zero-order chi connectivity index (χ0) is 14.4. The van der Waals surface area contributed by atoms with Crippen molar-refractivity contribution in [2.45, 2.75) is 25.5 Å². The number of hydrogen-bond acceptors (Lipinski definition) is 5. The van der Waals surface area contributed by atoms with Crippen LogP contribution in [0.1, 0.15) is 29.0 Å². The molecule has 0 saturated heterocycles. The predicted octanol–water partition coefficient (Wildman–Crippen LogP) is 5.81. The third-order valence-corrected chi connectivity index (χ3v) is 6.58. The Labute approximate surface area is 136 Å². The fraction of sp³-hybridized carbons (Fsp3) is 0.250. The highest BCUT2D eigenvalue weighted by Crippen LogP contribution is 2.46. The van der Waals surface area contributed by atoms with Crippen LogP contribution in [0.3, 0.4) is 0 Å². The summed E-state index contributed by atoms with van der Waals surface area (Å²) in [6.07, 6.45) is 3.41. The minimum absolute atomic E-state index is 0.496. The molecule has 106 valence electrons. The van der Waals surface area contributed by atoms with Gasteiger partial charge < -0.3 is 0 Å². The second kappa shape index (κ2) is 5.23. The van der Waals surface area contributed by atoms with Gasteiger partial charge in [-0.2, -0.15) is 8.75 Å². The maximum atomic E-state index is 4.58. The van der Waals surface area contributed by atoms with Crippen LogP contribution < -0.4 is 0 Å². The Morgan fingerprint density at radius 2 is 1.90 bits per heavy atom. The van der Waals surface area contributed by atoms with Gasteiger partial charge in [0.05, 0.1) is 11.7 Å². The van der Waals surface area contributed by atoms with Gasteiger partial charge in [-0.1, -0.05) is 18.2 Å². The van der Waals surface area contributed by atoms with E-state index in [1.165, 1.54) is 37.5 Å². The summed E-state index contributed by atoms with van der Waals surface area (Å²) in [6, 6.07) is 8.82. The average molecular weight is 331 g/mol. The fourth-order valence-electron chi connectivity index (χ4n) is 2.71. The molecule has 2 aromatic heterocycles. The predicted molar refractivity (Wildman–Crippen MR) is 94.2 cm³/mol. The van der Waals surface area contributed by atoms with Crippen molar-refractivity contribution in [2.75, 3.05) is 0 Å². The van der Waals surface area contributed by atoms with Crippen LogP contribution in [0, 0.1) is 6.92 Å². The molecule has 5 heteroatoms. The minimum Gasteiger partial charge on any atom is -0.173 e. The van der Waals surface area contributed by atoms with Gasteiger partial charge in [-0.15, -0.1) is 23.1 Å². The molecule has 1 aromatic carbocycles. The van der Waals surface area contributed by atoms with Gasteiger partial charge in [0.2, 0.25) is 0 Å². The van der Waals surface area contributed by atoms with Crippen LogP contribution in [0.15, 0.2) is 35.2 Å². The quantitative estimate of drug-likeness (QED) is 0.593. The molecule has 21 heavy (non-hydrogen) atoms. The first-order chi connectivity index (χ1) is 10.2. The molecule has 3 aromatic rings. The molecular formula is C16H14N2S3. The van der Waals surface area contributed by atoms with Crippen LogP contribution in [-0.4, -0.2) is 8.75 Å². The highest BCUT2D eigenvalue weighted by molar-refractivity contribution is 8.03. The summed E-state index contributed by atoms with van der Waals surface area (Å²) in [5, 5.41) is 0.496. The van der Waals surface area contributed by atoms with Crippen molar-refractivity contribution in [1.29, 1.82) is 0 Å². The second-order valence-electron chi connectivity index (χ2n) is 5.23. The van der Waals surface area contributed by atoms with Gasteiger partial charge in [-0.3, -0.25) is 0 Å². The van der Waals surface area contributed by atoms with Crippen molar-refractivity contribution < 1.29 is 0 Å². The number of nitrogens with zero attached hydrogens (tertiary/aromatic N) is 2. The maximum absolute atomic E-state index is 4.58. The standard InChI is InChI=1S/C16H14N2S3/c1-9-3-7-13(19-9)11-5-6-12(14-8-4-10(2)20-14)16-15(11)17-21-18-16/h3-7,14H,8H2,1-2H3. The molecular weight excluding hydrogens is 316 g/mol. The zero-order valence-corrected chi connectivity index (χ0v) is 14.2. The van der Waals surface area contributed by atoms with E-state index in [4.69, 9.17) is 0 Å². The summed E-state index contributed by atoms with van der Waals surface area (Å²) in [5.41, 5.74) is 4.69.